The number of H-pyrrole nitrogens is 1. The van der Waals surface area contributed by atoms with E-state index in [1.165, 1.54) is 27.7 Å². The lowest BCUT2D eigenvalue weighted by molar-refractivity contribution is 0.311. The average Bonchev–Trinajstić information content (AvgIpc) is 2.84. The third-order valence-corrected chi connectivity index (χ3v) is 5.45. The van der Waals surface area contributed by atoms with Gasteiger partial charge in [-0.15, -0.1) is 0 Å². The Balaban J connectivity index is 1.47. The Hall–Kier alpha value is -1.97. The lowest BCUT2D eigenvalue weighted by Crippen LogP contribution is -2.16. The second kappa shape index (κ2) is 7.73. The molecule has 136 valence electrons. The fraction of sp³-hybridized carbons (Fsp3) is 0.364. The summed E-state index contributed by atoms with van der Waals surface area (Å²) >= 11 is 6.22. The van der Waals surface area contributed by atoms with Gasteiger partial charge in [-0.3, -0.25) is 0 Å². The van der Waals surface area contributed by atoms with Crippen molar-refractivity contribution >= 4 is 22.5 Å². The van der Waals surface area contributed by atoms with Crippen LogP contribution >= 0.6 is 11.6 Å². The van der Waals surface area contributed by atoms with Gasteiger partial charge < -0.3 is 15.0 Å². The molecule has 4 rings (SSSR count). The molecule has 0 fully saturated rings. The second-order valence-corrected chi connectivity index (χ2v) is 7.46. The Morgan fingerprint density at radius 3 is 2.92 bits per heavy atom. The van der Waals surface area contributed by atoms with Crippen LogP contribution in [0.25, 0.3) is 10.9 Å². The molecular formula is C22H25ClN2O. The van der Waals surface area contributed by atoms with Crippen LogP contribution in [0.5, 0.6) is 5.75 Å². The monoisotopic (exact) mass is 368 g/mol. The van der Waals surface area contributed by atoms with Gasteiger partial charge in [-0.25, -0.2) is 0 Å². The summed E-state index contributed by atoms with van der Waals surface area (Å²) < 4.78 is 5.92. The van der Waals surface area contributed by atoms with E-state index in [2.05, 4.69) is 35.4 Å². The molecule has 3 aromatic rings. The van der Waals surface area contributed by atoms with Gasteiger partial charge >= 0.3 is 0 Å². The fourth-order valence-corrected chi connectivity index (χ4v) is 4.04. The smallest absolute Gasteiger partial charge is 0.138 e. The first-order valence-electron chi connectivity index (χ1n) is 9.43. The van der Waals surface area contributed by atoms with Crippen molar-refractivity contribution in [3.05, 3.63) is 63.8 Å². The van der Waals surface area contributed by atoms with Crippen molar-refractivity contribution in [3.8, 4) is 5.75 Å². The van der Waals surface area contributed by atoms with Gasteiger partial charge in [-0.1, -0.05) is 29.8 Å². The van der Waals surface area contributed by atoms with Crippen LogP contribution in [0.15, 0.2) is 36.4 Å². The number of ether oxygens (including phenoxy) is 1. The van der Waals surface area contributed by atoms with Gasteiger partial charge in [0.1, 0.15) is 5.75 Å². The Kier molecular flexibility index (Phi) is 5.18. The number of fused-ring (bicyclic) bond motifs is 3. The molecule has 0 unspecified atom stereocenters. The van der Waals surface area contributed by atoms with Crippen molar-refractivity contribution in [3.63, 3.8) is 0 Å². The van der Waals surface area contributed by atoms with E-state index in [0.717, 1.165) is 50.1 Å². The predicted octanol–water partition coefficient (Wildman–Crippen LogP) is 4.83. The van der Waals surface area contributed by atoms with Gasteiger partial charge in [0.2, 0.25) is 0 Å². The van der Waals surface area contributed by atoms with E-state index in [4.69, 9.17) is 16.3 Å². The number of halogens is 1. The molecule has 26 heavy (non-hydrogen) atoms. The highest BCUT2D eigenvalue weighted by Gasteiger charge is 2.16. The van der Waals surface area contributed by atoms with Crippen LogP contribution < -0.4 is 10.1 Å². The highest BCUT2D eigenvalue weighted by atomic mass is 35.5. The molecule has 0 bridgehead atoms. The van der Waals surface area contributed by atoms with Crippen LogP contribution in [-0.2, 0) is 19.3 Å². The predicted molar refractivity (Wildman–Crippen MR) is 109 cm³/mol. The van der Waals surface area contributed by atoms with Gasteiger partial charge in [-0.05, 0) is 67.6 Å². The van der Waals surface area contributed by atoms with Gasteiger partial charge in [0.25, 0.3) is 0 Å². The zero-order valence-corrected chi connectivity index (χ0v) is 16.0. The molecule has 0 saturated heterocycles. The number of aromatic amines is 1. The van der Waals surface area contributed by atoms with E-state index in [1.807, 2.05) is 18.2 Å². The Labute approximate surface area is 159 Å². The van der Waals surface area contributed by atoms with Crippen molar-refractivity contribution in [2.24, 2.45) is 0 Å². The summed E-state index contributed by atoms with van der Waals surface area (Å²) in [4.78, 5) is 3.64. The largest absolute Gasteiger partial charge is 0.492 e. The minimum Gasteiger partial charge on any atom is -0.492 e. The number of aromatic nitrogens is 1. The van der Waals surface area contributed by atoms with Crippen LogP contribution in [0.3, 0.4) is 0 Å². The van der Waals surface area contributed by atoms with Crippen LogP contribution in [0.1, 0.15) is 28.8 Å². The summed E-state index contributed by atoms with van der Waals surface area (Å²) in [6.45, 7) is 4.84. The van der Waals surface area contributed by atoms with E-state index in [9.17, 15) is 0 Å². The Morgan fingerprint density at radius 2 is 2.00 bits per heavy atom. The Morgan fingerprint density at radius 1 is 1.12 bits per heavy atom. The molecule has 0 amide bonds. The first kappa shape index (κ1) is 17.4. The average molecular weight is 369 g/mol. The molecule has 2 heterocycles. The SMILES string of the molecule is Cc1ccc(Cl)c(OCCCc2cccc3[nH]c4c(c23)CCNCC4)c1. The van der Waals surface area contributed by atoms with E-state index >= 15 is 0 Å². The molecule has 1 aromatic heterocycles. The summed E-state index contributed by atoms with van der Waals surface area (Å²) in [6.07, 6.45) is 4.17. The summed E-state index contributed by atoms with van der Waals surface area (Å²) in [5.41, 5.74) is 6.76. The maximum Gasteiger partial charge on any atom is 0.138 e. The van der Waals surface area contributed by atoms with Gasteiger partial charge in [-0.2, -0.15) is 0 Å². The minimum absolute atomic E-state index is 0.674. The summed E-state index contributed by atoms with van der Waals surface area (Å²) in [6, 6.07) is 12.5. The van der Waals surface area contributed by atoms with E-state index in [0.29, 0.717) is 11.6 Å². The van der Waals surface area contributed by atoms with Crippen molar-refractivity contribution < 1.29 is 4.74 Å². The minimum atomic E-state index is 0.674. The van der Waals surface area contributed by atoms with Crippen LogP contribution in [0.2, 0.25) is 5.02 Å². The number of nitrogens with one attached hydrogen (secondary N) is 2. The third kappa shape index (κ3) is 3.60. The van der Waals surface area contributed by atoms with E-state index < -0.39 is 0 Å². The first-order valence-corrected chi connectivity index (χ1v) is 9.81. The standard InChI is InChI=1S/C22H25ClN2O/c1-15-7-8-18(23)21(14-15)26-13-3-5-16-4-2-6-20-22(16)17-9-11-24-12-10-19(17)25-20/h2,4,6-8,14,24-25H,3,5,9-13H2,1H3. The van der Waals surface area contributed by atoms with Gasteiger partial charge in [0.15, 0.2) is 0 Å². The van der Waals surface area contributed by atoms with Crippen molar-refractivity contribution in [1.82, 2.24) is 10.3 Å². The fourth-order valence-electron chi connectivity index (χ4n) is 3.86. The quantitative estimate of drug-likeness (QED) is 0.633. The Bertz CT molecular complexity index is 916. The maximum atomic E-state index is 6.22. The number of hydrogen-bond donors (Lipinski definition) is 2. The summed E-state index contributed by atoms with van der Waals surface area (Å²) in [5.74, 6) is 0.784. The molecule has 1 aliphatic rings. The molecule has 4 heteroatoms. The summed E-state index contributed by atoms with van der Waals surface area (Å²) in [5, 5.41) is 5.60. The van der Waals surface area contributed by atoms with Crippen LogP contribution in [0.4, 0.5) is 0 Å². The first-order chi connectivity index (χ1) is 12.7. The normalized spacial score (nSPS) is 14.2. The molecule has 2 aromatic carbocycles. The maximum absolute atomic E-state index is 6.22. The van der Waals surface area contributed by atoms with E-state index in [-0.39, 0.29) is 0 Å². The molecule has 0 saturated carbocycles. The van der Waals surface area contributed by atoms with Gasteiger partial charge in [0.05, 0.1) is 11.6 Å². The number of benzene rings is 2. The number of rotatable bonds is 5. The molecule has 0 radical (unpaired) electrons. The van der Waals surface area contributed by atoms with Gasteiger partial charge in [0, 0.05) is 29.6 Å². The number of aryl methyl sites for hydroxylation is 2. The molecule has 2 N–H and O–H groups in total. The highest BCUT2D eigenvalue weighted by molar-refractivity contribution is 6.32. The third-order valence-electron chi connectivity index (χ3n) is 5.14. The number of hydrogen-bond acceptors (Lipinski definition) is 2. The van der Waals surface area contributed by atoms with Crippen molar-refractivity contribution in [2.45, 2.75) is 32.6 Å². The summed E-state index contributed by atoms with van der Waals surface area (Å²) in [7, 11) is 0. The van der Waals surface area contributed by atoms with E-state index in [1.54, 1.807) is 0 Å². The van der Waals surface area contributed by atoms with Crippen molar-refractivity contribution in [2.75, 3.05) is 19.7 Å². The topological polar surface area (TPSA) is 37.0 Å². The zero-order valence-electron chi connectivity index (χ0n) is 15.2. The lowest BCUT2D eigenvalue weighted by atomic mass is 9.99. The highest BCUT2D eigenvalue weighted by Crippen LogP contribution is 2.29. The molecule has 0 aliphatic carbocycles. The molecule has 0 atom stereocenters. The molecule has 1 aliphatic heterocycles. The second-order valence-electron chi connectivity index (χ2n) is 7.06. The van der Waals surface area contributed by atoms with Crippen LogP contribution in [-0.4, -0.2) is 24.7 Å². The zero-order chi connectivity index (χ0) is 17.9. The molecular weight excluding hydrogens is 344 g/mol. The lowest BCUT2D eigenvalue weighted by Gasteiger charge is -2.10. The van der Waals surface area contributed by atoms with Crippen LogP contribution in [0, 0.1) is 6.92 Å². The molecule has 3 nitrogen and oxygen atoms in total. The molecule has 0 spiro atoms. The van der Waals surface area contributed by atoms with Crippen molar-refractivity contribution in [1.29, 1.82) is 0 Å².